The van der Waals surface area contributed by atoms with Gasteiger partial charge in [0.05, 0.1) is 5.56 Å². The second kappa shape index (κ2) is 8.79. The van der Waals surface area contributed by atoms with Crippen LogP contribution >= 0.6 is 0 Å². The van der Waals surface area contributed by atoms with E-state index in [4.69, 9.17) is 4.74 Å². The van der Waals surface area contributed by atoms with Gasteiger partial charge in [-0.2, -0.15) is 0 Å². The van der Waals surface area contributed by atoms with Gasteiger partial charge in [0.15, 0.2) is 0 Å². The standard InChI is InChI=1S/C21H25F2NO2/c1-5-15-8-7-9-18(24-20(25)6-2)17(15)12-26-19-11-14(4)13(3)10-16(19)21(22)23/h7-11,21H,5-6,12H2,1-4H3,(H,24,25). The van der Waals surface area contributed by atoms with Gasteiger partial charge in [-0.05, 0) is 55.2 Å². The lowest BCUT2D eigenvalue weighted by molar-refractivity contribution is -0.115. The third-order valence-electron chi connectivity index (χ3n) is 4.48. The van der Waals surface area contributed by atoms with Crippen LogP contribution in [-0.4, -0.2) is 5.91 Å². The van der Waals surface area contributed by atoms with Gasteiger partial charge in [0.1, 0.15) is 12.4 Å². The number of ether oxygens (including phenoxy) is 1. The van der Waals surface area contributed by atoms with Gasteiger partial charge in [-0.25, -0.2) is 8.78 Å². The van der Waals surface area contributed by atoms with E-state index in [1.807, 2.05) is 26.0 Å². The zero-order valence-corrected chi connectivity index (χ0v) is 15.7. The Morgan fingerprint density at radius 3 is 2.46 bits per heavy atom. The molecule has 2 aromatic rings. The summed E-state index contributed by atoms with van der Waals surface area (Å²) in [7, 11) is 0. The summed E-state index contributed by atoms with van der Waals surface area (Å²) in [6.45, 7) is 7.57. The van der Waals surface area contributed by atoms with Crippen LogP contribution in [0.25, 0.3) is 0 Å². The van der Waals surface area contributed by atoms with Gasteiger partial charge in [0.25, 0.3) is 6.43 Å². The van der Waals surface area contributed by atoms with Crippen molar-refractivity contribution in [1.82, 2.24) is 0 Å². The molecule has 5 heteroatoms. The van der Waals surface area contributed by atoms with E-state index in [9.17, 15) is 13.6 Å². The third-order valence-corrected chi connectivity index (χ3v) is 4.48. The quantitative estimate of drug-likeness (QED) is 0.684. The Bertz CT molecular complexity index is 788. The molecule has 26 heavy (non-hydrogen) atoms. The topological polar surface area (TPSA) is 38.3 Å². The Balaban J connectivity index is 2.35. The summed E-state index contributed by atoms with van der Waals surface area (Å²) in [6.07, 6.45) is -1.49. The summed E-state index contributed by atoms with van der Waals surface area (Å²) in [5.74, 6) is 0.0840. The van der Waals surface area contributed by atoms with Crippen LogP contribution in [0.3, 0.4) is 0 Å². The van der Waals surface area contributed by atoms with E-state index in [0.717, 1.165) is 28.7 Å². The number of benzene rings is 2. The molecular formula is C21H25F2NO2. The van der Waals surface area contributed by atoms with E-state index in [-0.39, 0.29) is 23.8 Å². The summed E-state index contributed by atoms with van der Waals surface area (Å²) in [5.41, 5.74) is 4.08. The number of amides is 1. The predicted molar refractivity (Wildman–Crippen MR) is 99.9 cm³/mol. The van der Waals surface area contributed by atoms with E-state index >= 15 is 0 Å². The minimum atomic E-state index is -2.61. The molecule has 0 unspecified atom stereocenters. The highest BCUT2D eigenvalue weighted by Gasteiger charge is 2.17. The second-order valence-corrected chi connectivity index (χ2v) is 6.26. The first-order chi connectivity index (χ1) is 12.4. The Labute approximate surface area is 153 Å². The number of hydrogen-bond donors (Lipinski definition) is 1. The maximum absolute atomic E-state index is 13.4. The predicted octanol–water partition coefficient (Wildman–Crippen LogP) is 5.73. The molecule has 0 aromatic heterocycles. The van der Waals surface area contributed by atoms with Crippen molar-refractivity contribution in [2.24, 2.45) is 0 Å². The molecule has 2 rings (SSSR count). The van der Waals surface area contributed by atoms with Crippen molar-refractivity contribution in [3.8, 4) is 5.75 Å². The lowest BCUT2D eigenvalue weighted by Gasteiger charge is -2.18. The molecule has 0 aliphatic rings. The van der Waals surface area contributed by atoms with Crippen LogP contribution in [0.2, 0.25) is 0 Å². The maximum atomic E-state index is 13.4. The zero-order valence-electron chi connectivity index (χ0n) is 15.7. The fourth-order valence-electron chi connectivity index (χ4n) is 2.75. The summed E-state index contributed by atoms with van der Waals surface area (Å²) in [6, 6.07) is 8.75. The molecule has 1 N–H and O–H groups in total. The number of nitrogens with one attached hydrogen (secondary N) is 1. The summed E-state index contributed by atoms with van der Waals surface area (Å²) >= 11 is 0. The molecule has 0 saturated heterocycles. The minimum absolute atomic E-state index is 0.0982. The van der Waals surface area contributed by atoms with Gasteiger partial charge in [-0.15, -0.1) is 0 Å². The first kappa shape index (κ1) is 19.9. The maximum Gasteiger partial charge on any atom is 0.267 e. The molecule has 1 amide bonds. The van der Waals surface area contributed by atoms with Crippen LogP contribution in [0.4, 0.5) is 14.5 Å². The van der Waals surface area contributed by atoms with Crippen LogP contribution < -0.4 is 10.1 Å². The van der Waals surface area contributed by atoms with E-state index in [1.165, 1.54) is 6.07 Å². The number of rotatable bonds is 7. The number of anilines is 1. The van der Waals surface area contributed by atoms with Crippen molar-refractivity contribution in [3.63, 3.8) is 0 Å². The number of carbonyl (C=O) groups is 1. The van der Waals surface area contributed by atoms with E-state index in [1.54, 1.807) is 26.0 Å². The lowest BCUT2D eigenvalue weighted by atomic mass is 10.0. The van der Waals surface area contributed by atoms with E-state index in [0.29, 0.717) is 12.1 Å². The average molecular weight is 361 g/mol. The first-order valence-corrected chi connectivity index (χ1v) is 8.80. The van der Waals surface area contributed by atoms with Gasteiger partial charge in [-0.1, -0.05) is 26.0 Å². The normalized spacial score (nSPS) is 10.9. The second-order valence-electron chi connectivity index (χ2n) is 6.26. The third kappa shape index (κ3) is 4.59. The molecule has 0 aliphatic carbocycles. The zero-order chi connectivity index (χ0) is 19.3. The highest BCUT2D eigenvalue weighted by Crippen LogP contribution is 2.33. The van der Waals surface area contributed by atoms with E-state index in [2.05, 4.69) is 5.32 Å². The van der Waals surface area contributed by atoms with E-state index < -0.39 is 6.43 Å². The highest BCUT2D eigenvalue weighted by molar-refractivity contribution is 5.91. The largest absolute Gasteiger partial charge is 0.488 e. The number of aryl methyl sites for hydroxylation is 3. The van der Waals surface area contributed by atoms with Crippen molar-refractivity contribution in [1.29, 1.82) is 0 Å². The highest BCUT2D eigenvalue weighted by atomic mass is 19.3. The fourth-order valence-corrected chi connectivity index (χ4v) is 2.75. The molecule has 0 fully saturated rings. The molecule has 0 bridgehead atoms. The molecule has 3 nitrogen and oxygen atoms in total. The molecule has 0 atom stereocenters. The van der Waals surface area contributed by atoms with Gasteiger partial charge >= 0.3 is 0 Å². The number of hydrogen-bond acceptors (Lipinski definition) is 2. The lowest BCUT2D eigenvalue weighted by Crippen LogP contribution is -2.13. The monoisotopic (exact) mass is 361 g/mol. The Morgan fingerprint density at radius 1 is 1.15 bits per heavy atom. The van der Waals surface area contributed by atoms with Crippen LogP contribution in [-0.2, 0) is 17.8 Å². The number of halogens is 2. The molecular weight excluding hydrogens is 336 g/mol. The molecule has 0 aliphatic heterocycles. The van der Waals surface area contributed by atoms with Crippen molar-refractivity contribution >= 4 is 11.6 Å². The van der Waals surface area contributed by atoms with Crippen molar-refractivity contribution in [3.05, 3.63) is 58.1 Å². The molecule has 0 spiro atoms. The van der Waals surface area contributed by atoms with Crippen LogP contribution in [0.1, 0.15) is 54.5 Å². The smallest absolute Gasteiger partial charge is 0.267 e. The van der Waals surface area contributed by atoms with Crippen molar-refractivity contribution in [2.75, 3.05) is 5.32 Å². The minimum Gasteiger partial charge on any atom is -0.488 e. The van der Waals surface area contributed by atoms with Gasteiger partial charge in [0, 0.05) is 17.7 Å². The average Bonchev–Trinajstić information content (AvgIpc) is 2.62. The number of carbonyl (C=O) groups excluding carboxylic acids is 1. The molecule has 0 saturated carbocycles. The summed E-state index contributed by atoms with van der Waals surface area (Å²) < 4.78 is 32.5. The number of alkyl halides is 2. The molecule has 2 aromatic carbocycles. The molecule has 140 valence electrons. The van der Waals surface area contributed by atoms with Crippen LogP contribution in [0.5, 0.6) is 5.75 Å². The van der Waals surface area contributed by atoms with Crippen molar-refractivity contribution in [2.45, 2.75) is 53.6 Å². The van der Waals surface area contributed by atoms with Crippen molar-refractivity contribution < 1.29 is 18.3 Å². The SMILES string of the molecule is CCC(=O)Nc1cccc(CC)c1COc1cc(C)c(C)cc1C(F)F. The van der Waals surface area contributed by atoms with Gasteiger partial charge < -0.3 is 10.1 Å². The Morgan fingerprint density at radius 2 is 1.85 bits per heavy atom. The molecule has 0 radical (unpaired) electrons. The summed E-state index contributed by atoms with van der Waals surface area (Å²) in [4.78, 5) is 11.8. The summed E-state index contributed by atoms with van der Waals surface area (Å²) in [5, 5.41) is 2.86. The van der Waals surface area contributed by atoms with Gasteiger partial charge in [0.2, 0.25) is 5.91 Å². The Hall–Kier alpha value is -2.43. The first-order valence-electron chi connectivity index (χ1n) is 8.80. The molecule has 0 heterocycles. The Kier molecular flexibility index (Phi) is 6.72. The fraction of sp³-hybridized carbons (Fsp3) is 0.381. The van der Waals surface area contributed by atoms with Crippen LogP contribution in [0, 0.1) is 13.8 Å². The van der Waals surface area contributed by atoms with Crippen LogP contribution in [0.15, 0.2) is 30.3 Å². The van der Waals surface area contributed by atoms with Gasteiger partial charge in [-0.3, -0.25) is 4.79 Å².